The van der Waals surface area contributed by atoms with Crippen LogP contribution in [-0.4, -0.2) is 12.6 Å². The first-order chi connectivity index (χ1) is 19.0. The van der Waals surface area contributed by atoms with Crippen LogP contribution in [-0.2, 0) is 6.54 Å². The number of aryl methyl sites for hydroxylation is 1. The van der Waals surface area contributed by atoms with Gasteiger partial charge < -0.3 is 32.4 Å². The monoisotopic (exact) mass is 649 g/mol. The summed E-state index contributed by atoms with van der Waals surface area (Å²) in [6.45, 7) is 5.73. The molecule has 2 amide bonds. The Hall–Kier alpha value is -2.09. The number of hydrogen-bond acceptors (Lipinski definition) is 3. The van der Waals surface area contributed by atoms with Crippen LogP contribution in [0.4, 0.5) is 16.2 Å². The molecule has 3 rings (SSSR count). The van der Waals surface area contributed by atoms with Gasteiger partial charge in [0.15, 0.2) is 12.7 Å². The van der Waals surface area contributed by atoms with Gasteiger partial charge in [-0.25, -0.2) is 4.79 Å². The van der Waals surface area contributed by atoms with E-state index < -0.39 is 0 Å². The summed E-state index contributed by atoms with van der Waals surface area (Å²) in [6.07, 6.45) is 17.8. The smallest absolute Gasteiger partial charge is 0.323 e. The highest BCUT2D eigenvalue weighted by Crippen LogP contribution is 2.29. The van der Waals surface area contributed by atoms with Gasteiger partial charge in [0, 0.05) is 22.3 Å². The van der Waals surface area contributed by atoms with Gasteiger partial charge in [0.2, 0.25) is 5.51 Å². The topological polar surface area (TPSA) is 54.2 Å². The highest BCUT2D eigenvalue weighted by atomic mass is 79.9. The molecule has 0 unspecified atom stereocenters. The summed E-state index contributed by atoms with van der Waals surface area (Å²) in [7, 11) is 0. The standard InChI is InChI=1S/C32H44ClN3O2S.BrH/c1-3-4-5-6-7-8-9-10-11-12-13-14-20-38-31-22-28(33)18-19-30(31)35-32(37)34-29-17-15-16-27(21-29)24-36-23-26(2)39-25-36;/h15-19,21-23,25H,3-14,20,24H2,1-2H3,(H-,34,35,37);1H. The number of unbranched alkanes of at least 4 members (excludes halogenated alkanes) is 11. The van der Waals surface area contributed by atoms with Crippen molar-refractivity contribution in [1.29, 1.82) is 0 Å². The summed E-state index contributed by atoms with van der Waals surface area (Å²) < 4.78 is 8.17. The van der Waals surface area contributed by atoms with E-state index in [9.17, 15) is 4.79 Å². The number of carbonyl (C=O) groups is 1. The SMILES string of the molecule is CCCCCCCCCCCCCCOc1cc(Cl)ccc1NC(=O)Nc1cccc(C[n+]2csc(C)c2)c1.[Br-]. The van der Waals surface area contributed by atoms with Crippen LogP contribution in [0.1, 0.15) is 94.4 Å². The number of anilines is 2. The van der Waals surface area contributed by atoms with Crippen LogP contribution in [0, 0.1) is 6.92 Å². The Morgan fingerprint density at radius 1 is 0.900 bits per heavy atom. The molecule has 0 spiro atoms. The minimum Gasteiger partial charge on any atom is -1.00 e. The average Bonchev–Trinajstić information content (AvgIpc) is 3.32. The molecule has 0 atom stereocenters. The normalized spacial score (nSPS) is 10.7. The lowest BCUT2D eigenvalue weighted by molar-refractivity contribution is -0.683. The Balaban J connectivity index is 0.00000560. The molecule has 40 heavy (non-hydrogen) atoms. The molecule has 0 aliphatic carbocycles. The zero-order valence-corrected chi connectivity index (χ0v) is 27.2. The molecular weight excluding hydrogens is 606 g/mol. The van der Waals surface area contributed by atoms with Crippen molar-refractivity contribution in [3.05, 3.63) is 69.6 Å². The molecule has 220 valence electrons. The zero-order chi connectivity index (χ0) is 27.7. The first kappa shape index (κ1) is 34.1. The number of halogens is 2. The van der Waals surface area contributed by atoms with Crippen LogP contribution in [0.15, 0.2) is 54.2 Å². The minimum absolute atomic E-state index is 0. The number of thiazole rings is 1. The van der Waals surface area contributed by atoms with E-state index in [0.29, 0.717) is 23.1 Å². The third-order valence-electron chi connectivity index (χ3n) is 6.72. The number of nitrogens with zero attached hydrogens (tertiary/aromatic N) is 1. The molecular formula is C32H45BrClN3O2S. The van der Waals surface area contributed by atoms with Crippen molar-refractivity contribution in [1.82, 2.24) is 0 Å². The summed E-state index contributed by atoms with van der Waals surface area (Å²) in [5, 5.41) is 6.44. The van der Waals surface area contributed by atoms with Crippen LogP contribution < -0.4 is 36.9 Å². The summed E-state index contributed by atoms with van der Waals surface area (Å²) in [5.41, 5.74) is 4.57. The lowest BCUT2D eigenvalue weighted by Gasteiger charge is -2.14. The molecule has 0 radical (unpaired) electrons. The van der Waals surface area contributed by atoms with Crippen molar-refractivity contribution < 1.29 is 31.1 Å². The maximum atomic E-state index is 12.8. The second-order valence-corrected chi connectivity index (χ2v) is 11.8. The Morgan fingerprint density at radius 2 is 1.57 bits per heavy atom. The predicted octanol–water partition coefficient (Wildman–Crippen LogP) is 6.77. The maximum absolute atomic E-state index is 12.8. The van der Waals surface area contributed by atoms with Gasteiger partial charge in [-0.3, -0.25) is 0 Å². The van der Waals surface area contributed by atoms with E-state index in [4.69, 9.17) is 16.3 Å². The Kier molecular flexibility index (Phi) is 17.0. The summed E-state index contributed by atoms with van der Waals surface area (Å²) in [4.78, 5) is 14.0. The summed E-state index contributed by atoms with van der Waals surface area (Å²) in [5.74, 6) is 0.596. The van der Waals surface area contributed by atoms with Gasteiger partial charge in [0.1, 0.15) is 5.75 Å². The van der Waals surface area contributed by atoms with E-state index in [2.05, 4.69) is 46.8 Å². The van der Waals surface area contributed by atoms with Gasteiger partial charge in [0.05, 0.1) is 17.2 Å². The van der Waals surface area contributed by atoms with Crippen LogP contribution in [0.25, 0.3) is 0 Å². The van der Waals surface area contributed by atoms with Crippen molar-refractivity contribution in [2.24, 2.45) is 0 Å². The predicted molar refractivity (Wildman–Crippen MR) is 165 cm³/mol. The molecule has 0 aliphatic rings. The van der Waals surface area contributed by atoms with Crippen LogP contribution in [0.2, 0.25) is 5.02 Å². The Bertz CT molecular complexity index is 1140. The molecule has 2 N–H and O–H groups in total. The number of aromatic nitrogens is 1. The molecule has 0 saturated heterocycles. The van der Waals surface area contributed by atoms with Crippen molar-refractivity contribution >= 4 is 40.3 Å². The van der Waals surface area contributed by atoms with Gasteiger partial charge >= 0.3 is 6.03 Å². The Morgan fingerprint density at radius 3 is 2.23 bits per heavy atom. The fraction of sp³-hybridized carbons (Fsp3) is 0.500. The van der Waals surface area contributed by atoms with Gasteiger partial charge in [-0.1, -0.05) is 113 Å². The van der Waals surface area contributed by atoms with Crippen LogP contribution >= 0.6 is 22.9 Å². The largest absolute Gasteiger partial charge is 1.00 e. The van der Waals surface area contributed by atoms with Gasteiger partial charge in [-0.2, -0.15) is 4.57 Å². The number of nitrogens with one attached hydrogen (secondary N) is 2. The zero-order valence-electron chi connectivity index (χ0n) is 24.0. The van der Waals surface area contributed by atoms with Gasteiger partial charge in [-0.15, -0.1) is 0 Å². The number of ether oxygens (including phenoxy) is 1. The third-order valence-corrected chi connectivity index (χ3v) is 7.81. The van der Waals surface area contributed by atoms with E-state index in [1.807, 2.05) is 18.2 Å². The van der Waals surface area contributed by atoms with E-state index in [-0.39, 0.29) is 23.0 Å². The molecule has 8 heteroatoms. The third kappa shape index (κ3) is 13.5. The molecule has 3 aromatic rings. The van der Waals surface area contributed by atoms with Gasteiger partial charge in [-0.05, 0) is 37.6 Å². The van der Waals surface area contributed by atoms with Crippen LogP contribution in [0.3, 0.4) is 0 Å². The molecule has 5 nitrogen and oxygen atoms in total. The van der Waals surface area contributed by atoms with E-state index in [1.165, 1.54) is 69.1 Å². The molecule has 1 heterocycles. The molecule has 0 fully saturated rings. The molecule has 1 aromatic heterocycles. The molecule has 0 saturated carbocycles. The molecule has 0 aliphatic heterocycles. The van der Waals surface area contributed by atoms with Crippen molar-refractivity contribution in [3.8, 4) is 5.75 Å². The number of carbonyl (C=O) groups excluding carboxylic acids is 1. The molecule has 0 bridgehead atoms. The van der Waals surface area contributed by atoms with Crippen molar-refractivity contribution in [2.75, 3.05) is 17.2 Å². The molecule has 2 aromatic carbocycles. The highest BCUT2D eigenvalue weighted by Gasteiger charge is 2.11. The number of benzene rings is 2. The quantitative estimate of drug-likeness (QED) is 0.118. The lowest BCUT2D eigenvalue weighted by Crippen LogP contribution is -3.00. The first-order valence-electron chi connectivity index (χ1n) is 14.6. The number of amides is 2. The van der Waals surface area contributed by atoms with Crippen molar-refractivity contribution in [3.63, 3.8) is 0 Å². The van der Waals surface area contributed by atoms with E-state index in [1.54, 1.807) is 29.5 Å². The number of hydrogen-bond donors (Lipinski definition) is 2. The summed E-state index contributed by atoms with van der Waals surface area (Å²) >= 11 is 7.94. The minimum atomic E-state index is -0.316. The van der Waals surface area contributed by atoms with E-state index >= 15 is 0 Å². The van der Waals surface area contributed by atoms with Gasteiger partial charge in [0.25, 0.3) is 0 Å². The number of urea groups is 1. The van der Waals surface area contributed by atoms with Crippen LogP contribution in [0.5, 0.6) is 5.75 Å². The summed E-state index contributed by atoms with van der Waals surface area (Å²) in [6, 6.07) is 12.9. The first-order valence-corrected chi connectivity index (χ1v) is 15.8. The fourth-order valence-electron chi connectivity index (χ4n) is 4.62. The second kappa shape index (κ2) is 19.9. The fourth-order valence-corrected chi connectivity index (χ4v) is 5.41. The van der Waals surface area contributed by atoms with E-state index in [0.717, 1.165) is 30.6 Å². The van der Waals surface area contributed by atoms with Crippen molar-refractivity contribution in [2.45, 2.75) is 97.4 Å². The average molecular weight is 651 g/mol. The highest BCUT2D eigenvalue weighted by molar-refractivity contribution is 7.09. The maximum Gasteiger partial charge on any atom is 0.323 e. The lowest BCUT2D eigenvalue weighted by atomic mass is 10.1. The number of rotatable bonds is 18. The Labute approximate surface area is 260 Å². The second-order valence-electron chi connectivity index (χ2n) is 10.3.